The number of esters is 2. The number of carbonyl (C=O) groups excluding carboxylic acids is 3. The van der Waals surface area contributed by atoms with Crippen LogP contribution >= 0.6 is 0 Å². The summed E-state index contributed by atoms with van der Waals surface area (Å²) in [4.78, 5) is 37.8. The van der Waals surface area contributed by atoms with Crippen LogP contribution in [-0.2, 0) is 23.9 Å². The van der Waals surface area contributed by atoms with Crippen LogP contribution in [0.15, 0.2) is 12.2 Å². The van der Waals surface area contributed by atoms with Crippen molar-refractivity contribution in [1.82, 2.24) is 5.32 Å². The maximum absolute atomic E-state index is 14.4. The maximum Gasteiger partial charge on any atom is 0.305 e. The minimum absolute atomic E-state index is 0.00775. The van der Waals surface area contributed by atoms with E-state index in [2.05, 4.69) is 53.4 Å². The van der Waals surface area contributed by atoms with Gasteiger partial charge in [0.05, 0.1) is 12.5 Å². The molecule has 0 saturated heterocycles. The van der Waals surface area contributed by atoms with Crippen molar-refractivity contribution in [1.29, 1.82) is 0 Å². The van der Waals surface area contributed by atoms with Crippen LogP contribution < -0.4 is 5.32 Å². The van der Waals surface area contributed by atoms with E-state index in [4.69, 9.17) is 9.47 Å². The Morgan fingerprint density at radius 3 is 2.02 bits per heavy atom. The lowest BCUT2D eigenvalue weighted by Crippen LogP contribution is -2.67. The molecule has 1 N–H and O–H groups in total. The third-order valence-electron chi connectivity index (χ3n) is 16.6. The van der Waals surface area contributed by atoms with Crippen LogP contribution in [0.2, 0.25) is 0 Å². The fraction of sp³-hybridized carbons (Fsp3) is 0.886. The summed E-state index contributed by atoms with van der Waals surface area (Å²) in [5.41, 5.74) is 1.67. The van der Waals surface area contributed by atoms with Crippen molar-refractivity contribution in [3.8, 4) is 0 Å². The van der Waals surface area contributed by atoms with Crippen LogP contribution in [-0.4, -0.2) is 37.6 Å². The van der Waals surface area contributed by atoms with Crippen molar-refractivity contribution in [3.63, 3.8) is 0 Å². The molecule has 5 aliphatic rings. The number of nitrogens with one attached hydrogen (secondary N) is 1. The Hall–Kier alpha value is -1.85. The number of methoxy groups -OCH3 is 1. The molecule has 0 aliphatic heterocycles. The fourth-order valence-corrected chi connectivity index (χ4v) is 13.9. The summed E-state index contributed by atoms with van der Waals surface area (Å²) in [6.45, 7) is 21.8. The minimum Gasteiger partial charge on any atom is -0.469 e. The van der Waals surface area contributed by atoms with Crippen molar-refractivity contribution < 1.29 is 23.9 Å². The molecule has 0 aromatic carbocycles. The number of hydrogen-bond acceptors (Lipinski definition) is 5. The van der Waals surface area contributed by atoms with Gasteiger partial charge in [-0.25, -0.2) is 0 Å². The highest BCUT2D eigenvalue weighted by molar-refractivity contribution is 5.84. The summed E-state index contributed by atoms with van der Waals surface area (Å²) < 4.78 is 10.7. The molecule has 5 fully saturated rings. The predicted molar refractivity (Wildman–Crippen MR) is 201 cm³/mol. The number of unbranched alkanes of at least 4 members (excludes halogenated alkanes) is 7. The molecule has 50 heavy (non-hydrogen) atoms. The number of carbonyl (C=O) groups is 3. The van der Waals surface area contributed by atoms with Gasteiger partial charge >= 0.3 is 11.9 Å². The maximum atomic E-state index is 14.4. The van der Waals surface area contributed by atoms with Crippen molar-refractivity contribution >= 4 is 17.8 Å². The van der Waals surface area contributed by atoms with Crippen molar-refractivity contribution in [3.05, 3.63) is 12.2 Å². The molecule has 1 unspecified atom stereocenters. The van der Waals surface area contributed by atoms with Crippen LogP contribution in [0.4, 0.5) is 0 Å². The molecule has 0 bridgehead atoms. The Kier molecular flexibility index (Phi) is 12.0. The standard InChI is InChI=1S/C44H73NO5/c1-30(2)32-21-26-44(39(48)45-29-17-15-13-11-10-12-14-16-18-37(47)49-9)28-27-42(7)33(38(32)44)19-20-35-41(6)24-23-36(50-31(3)46)40(4,5)34(41)22-25-43(35,42)8/h32-36,38H,1,10-29H2,2-9H3,(H,45,48)/t32-,33+,34-,35?,36-,38+,41-,42+,43+,44-/m0/s1. The molecule has 6 nitrogen and oxygen atoms in total. The van der Waals surface area contributed by atoms with E-state index in [9.17, 15) is 14.4 Å². The first-order chi connectivity index (χ1) is 23.6. The zero-order valence-corrected chi connectivity index (χ0v) is 33.4. The zero-order valence-electron chi connectivity index (χ0n) is 33.4. The van der Waals surface area contributed by atoms with Gasteiger partial charge in [-0.15, -0.1) is 0 Å². The van der Waals surface area contributed by atoms with Gasteiger partial charge in [0, 0.05) is 25.3 Å². The van der Waals surface area contributed by atoms with E-state index in [0.717, 1.165) is 70.8 Å². The normalized spacial score (nSPS) is 40.0. The lowest BCUT2D eigenvalue weighted by atomic mass is 9.32. The highest BCUT2D eigenvalue weighted by atomic mass is 16.5. The second-order valence-electron chi connectivity index (χ2n) is 19.2. The number of ether oxygens (including phenoxy) is 2. The van der Waals surface area contributed by atoms with Gasteiger partial charge in [0.15, 0.2) is 0 Å². The molecule has 5 aliphatic carbocycles. The first-order valence-electron chi connectivity index (χ1n) is 20.8. The zero-order chi connectivity index (χ0) is 36.5. The van der Waals surface area contributed by atoms with Gasteiger partial charge in [-0.1, -0.05) is 85.3 Å². The third kappa shape index (κ3) is 6.85. The highest BCUT2D eigenvalue weighted by Crippen LogP contribution is 2.77. The Balaban J connectivity index is 1.23. The van der Waals surface area contributed by atoms with Crippen molar-refractivity contribution in [2.75, 3.05) is 13.7 Å². The molecule has 0 aromatic heterocycles. The second-order valence-corrected chi connectivity index (χ2v) is 19.2. The summed E-state index contributed by atoms with van der Waals surface area (Å²) in [5.74, 6) is 2.66. The van der Waals surface area contributed by atoms with Gasteiger partial charge in [-0.3, -0.25) is 14.4 Å². The first kappa shape index (κ1) is 39.4. The van der Waals surface area contributed by atoms with Crippen LogP contribution in [0, 0.1) is 56.7 Å². The molecule has 0 radical (unpaired) electrons. The summed E-state index contributed by atoms with van der Waals surface area (Å²) in [6, 6.07) is 0. The summed E-state index contributed by atoms with van der Waals surface area (Å²) in [7, 11) is 1.46. The van der Waals surface area contributed by atoms with E-state index >= 15 is 0 Å². The largest absolute Gasteiger partial charge is 0.469 e. The minimum atomic E-state index is -0.258. The van der Waals surface area contributed by atoms with E-state index in [1.807, 2.05) is 0 Å². The van der Waals surface area contributed by atoms with Crippen LogP contribution in [0.3, 0.4) is 0 Å². The molecule has 0 spiro atoms. The van der Waals surface area contributed by atoms with Gasteiger partial charge in [0.2, 0.25) is 5.91 Å². The molecule has 1 amide bonds. The predicted octanol–water partition coefficient (Wildman–Crippen LogP) is 10.4. The Morgan fingerprint density at radius 1 is 0.720 bits per heavy atom. The second kappa shape index (κ2) is 15.2. The fourth-order valence-electron chi connectivity index (χ4n) is 13.9. The van der Waals surface area contributed by atoms with E-state index in [-0.39, 0.29) is 45.1 Å². The average Bonchev–Trinajstić information content (AvgIpc) is 3.46. The number of hydrogen-bond donors (Lipinski definition) is 1. The lowest BCUT2D eigenvalue weighted by Gasteiger charge is -2.72. The Morgan fingerprint density at radius 2 is 1.38 bits per heavy atom. The summed E-state index contributed by atoms with van der Waals surface area (Å²) >= 11 is 0. The molecule has 6 heteroatoms. The van der Waals surface area contributed by atoms with Crippen LogP contribution in [0.5, 0.6) is 0 Å². The Labute approximate surface area is 305 Å². The molecule has 0 aromatic rings. The van der Waals surface area contributed by atoms with Crippen molar-refractivity contribution in [2.45, 2.75) is 177 Å². The molecule has 5 saturated carbocycles. The molecule has 0 heterocycles. The number of fused-ring (bicyclic) bond motifs is 7. The van der Waals surface area contributed by atoms with Gasteiger partial charge in [-0.05, 0) is 130 Å². The van der Waals surface area contributed by atoms with Crippen LogP contribution in [0.1, 0.15) is 170 Å². The van der Waals surface area contributed by atoms with E-state index in [1.54, 1.807) is 6.92 Å². The topological polar surface area (TPSA) is 81.7 Å². The van der Waals surface area contributed by atoms with Crippen LogP contribution in [0.25, 0.3) is 0 Å². The van der Waals surface area contributed by atoms with E-state index < -0.39 is 0 Å². The number of allylic oxidation sites excluding steroid dienone is 1. The average molecular weight is 696 g/mol. The monoisotopic (exact) mass is 696 g/mol. The number of amides is 1. The van der Waals surface area contributed by atoms with Gasteiger partial charge < -0.3 is 14.8 Å². The van der Waals surface area contributed by atoms with Gasteiger partial charge in [0.1, 0.15) is 6.10 Å². The molecule has 284 valence electrons. The lowest BCUT2D eigenvalue weighted by molar-refractivity contribution is -0.248. The van der Waals surface area contributed by atoms with Gasteiger partial charge in [-0.2, -0.15) is 0 Å². The quantitative estimate of drug-likeness (QED) is 0.111. The van der Waals surface area contributed by atoms with Crippen molar-refractivity contribution in [2.24, 2.45) is 56.7 Å². The summed E-state index contributed by atoms with van der Waals surface area (Å²) in [6.07, 6.45) is 20.9. The van der Waals surface area contributed by atoms with E-state index in [0.29, 0.717) is 41.9 Å². The third-order valence-corrected chi connectivity index (χ3v) is 16.6. The highest BCUT2D eigenvalue weighted by Gasteiger charge is 2.72. The Bertz CT molecular complexity index is 1260. The van der Waals surface area contributed by atoms with E-state index in [1.165, 1.54) is 64.0 Å². The number of rotatable bonds is 14. The molecule has 10 atom stereocenters. The molecular formula is C44H73NO5. The summed E-state index contributed by atoms with van der Waals surface area (Å²) in [5, 5.41) is 3.50. The SMILES string of the molecule is C=C(C)[C@@H]1CC[C@]2(C(=O)NCCCCCCCCCCC(=O)OC)CC[C@]3(C)[C@H](CCC4[C@@]5(C)CC[C@H](OC(C)=O)C(C)(C)[C@@H]5CC[C@]43C)[C@@H]12. The molecular weight excluding hydrogens is 622 g/mol. The van der Waals surface area contributed by atoms with Gasteiger partial charge in [0.25, 0.3) is 0 Å². The first-order valence-corrected chi connectivity index (χ1v) is 20.8. The smallest absolute Gasteiger partial charge is 0.305 e. The molecule has 5 rings (SSSR count).